The number of hydrogen-bond donors (Lipinski definition) is 3. The van der Waals surface area contributed by atoms with Crippen LogP contribution in [0.3, 0.4) is 0 Å². The molecule has 2 amide bonds. The molecule has 0 rings (SSSR count). The van der Waals surface area contributed by atoms with Gasteiger partial charge in [-0.05, 0) is 18.8 Å². The molecule has 2 atom stereocenters. The lowest BCUT2D eigenvalue weighted by Crippen LogP contribution is -2.46. The molecule has 0 aromatic carbocycles. The van der Waals surface area contributed by atoms with Crippen molar-refractivity contribution in [1.82, 2.24) is 10.6 Å². The summed E-state index contributed by atoms with van der Waals surface area (Å²) in [7, 11) is 0. The number of urea groups is 1. The number of amides is 2. The van der Waals surface area contributed by atoms with Crippen molar-refractivity contribution < 1.29 is 14.4 Å². The van der Waals surface area contributed by atoms with Crippen LogP contribution in [0.5, 0.6) is 0 Å². The average molecular weight is 356 g/mol. The fraction of sp³-hybridized carbons (Fsp3) is 0.842. The predicted molar refractivity (Wildman–Crippen MR) is 101 cm³/mol. The molecule has 0 aliphatic rings. The van der Waals surface area contributed by atoms with Gasteiger partial charge in [-0.2, -0.15) is 0 Å². The van der Waals surface area contributed by atoms with E-state index in [1.165, 1.54) is 0 Å². The van der Waals surface area contributed by atoms with Crippen LogP contribution in [0.15, 0.2) is 0 Å². The Kier molecular flexibility index (Phi) is 9.93. The maximum atomic E-state index is 12.8. The molecule has 0 saturated heterocycles. The molecule has 0 saturated carbocycles. The first-order valence-electron chi connectivity index (χ1n) is 9.22. The smallest absolute Gasteiger partial charge is 0.312 e. The quantitative estimate of drug-likeness (QED) is 0.496. The van der Waals surface area contributed by atoms with Gasteiger partial charge < -0.3 is 16.4 Å². The lowest BCUT2D eigenvalue weighted by Gasteiger charge is -2.28. The highest BCUT2D eigenvalue weighted by atomic mass is 16.2. The van der Waals surface area contributed by atoms with Crippen molar-refractivity contribution in [3.05, 3.63) is 0 Å². The van der Waals surface area contributed by atoms with Gasteiger partial charge in [-0.3, -0.25) is 9.59 Å². The summed E-state index contributed by atoms with van der Waals surface area (Å²) >= 11 is 0. The topological polar surface area (TPSA) is 101 Å². The molecule has 0 aromatic rings. The van der Waals surface area contributed by atoms with Gasteiger partial charge in [-0.1, -0.05) is 48.5 Å². The highest BCUT2D eigenvalue weighted by Gasteiger charge is 2.33. The molecule has 2 unspecified atom stereocenters. The van der Waals surface area contributed by atoms with Crippen molar-refractivity contribution in [3.63, 3.8) is 0 Å². The van der Waals surface area contributed by atoms with Gasteiger partial charge in [0.05, 0.1) is 6.04 Å². The van der Waals surface area contributed by atoms with Crippen molar-refractivity contribution in [3.8, 4) is 0 Å². The number of Topliss-reactive ketones (excluding diaryl/α,β-unsaturated/α-hetero) is 2. The Morgan fingerprint density at radius 2 is 1.60 bits per heavy atom. The van der Waals surface area contributed by atoms with Crippen LogP contribution in [0.25, 0.3) is 0 Å². The number of carbonyl (C=O) groups excluding carboxylic acids is 3. The maximum absolute atomic E-state index is 12.8. The Morgan fingerprint density at radius 3 is 2.00 bits per heavy atom. The summed E-state index contributed by atoms with van der Waals surface area (Å²) in [4.78, 5) is 36.3. The largest absolute Gasteiger partial charge is 0.352 e. The standard InChI is InChI=1S/C19H37N3O3/c1-12(2)16(22-13(3)4)15(23)11-14(17(24)19(5,6)7)9-8-10-21-18(20)25/h12-14,16,22H,8-11H2,1-7H3,(H3,20,21,25). The zero-order valence-electron chi connectivity index (χ0n) is 16.9. The van der Waals surface area contributed by atoms with Crippen LogP contribution in [0.2, 0.25) is 0 Å². The van der Waals surface area contributed by atoms with Crippen LogP contribution in [0, 0.1) is 17.3 Å². The Hall–Kier alpha value is -1.43. The van der Waals surface area contributed by atoms with Crippen molar-refractivity contribution in [2.45, 2.75) is 79.8 Å². The number of nitrogens with one attached hydrogen (secondary N) is 2. The summed E-state index contributed by atoms with van der Waals surface area (Å²) in [5.41, 5.74) is 4.56. The van der Waals surface area contributed by atoms with Crippen molar-refractivity contribution >= 4 is 17.6 Å². The first-order chi connectivity index (χ1) is 11.4. The number of ketones is 2. The van der Waals surface area contributed by atoms with Crippen LogP contribution in [0.1, 0.15) is 67.7 Å². The van der Waals surface area contributed by atoms with Gasteiger partial charge >= 0.3 is 6.03 Å². The SMILES string of the molecule is CC(C)NC(C(=O)CC(CCCNC(N)=O)C(=O)C(C)(C)C)C(C)C. The molecule has 25 heavy (non-hydrogen) atoms. The van der Waals surface area contributed by atoms with Gasteiger partial charge in [0.15, 0.2) is 5.78 Å². The van der Waals surface area contributed by atoms with Crippen LogP contribution in [-0.4, -0.2) is 36.2 Å². The molecule has 6 heteroatoms. The fourth-order valence-electron chi connectivity index (χ4n) is 2.88. The zero-order valence-corrected chi connectivity index (χ0v) is 16.9. The summed E-state index contributed by atoms with van der Waals surface area (Å²) in [5.74, 6) is -0.00431. The predicted octanol–water partition coefficient (Wildman–Crippen LogP) is 2.65. The van der Waals surface area contributed by atoms with E-state index >= 15 is 0 Å². The van der Waals surface area contributed by atoms with E-state index in [9.17, 15) is 14.4 Å². The first kappa shape index (κ1) is 23.6. The third-order valence-electron chi connectivity index (χ3n) is 4.11. The molecule has 4 N–H and O–H groups in total. The van der Waals surface area contributed by atoms with Gasteiger partial charge in [0.25, 0.3) is 0 Å². The summed E-state index contributed by atoms with van der Waals surface area (Å²) in [5, 5.41) is 5.84. The number of primary amides is 1. The molecule has 0 aliphatic carbocycles. The second-order valence-electron chi connectivity index (χ2n) is 8.46. The number of rotatable bonds is 11. The van der Waals surface area contributed by atoms with E-state index in [-0.39, 0.29) is 41.9 Å². The Balaban J connectivity index is 5.03. The van der Waals surface area contributed by atoms with E-state index in [1.54, 1.807) is 0 Å². The Morgan fingerprint density at radius 1 is 1.04 bits per heavy atom. The van der Waals surface area contributed by atoms with E-state index < -0.39 is 11.4 Å². The van der Waals surface area contributed by atoms with Gasteiger partial charge in [-0.15, -0.1) is 0 Å². The van der Waals surface area contributed by atoms with Gasteiger partial charge in [0.1, 0.15) is 5.78 Å². The first-order valence-corrected chi connectivity index (χ1v) is 9.22. The summed E-state index contributed by atoms with van der Waals surface area (Å²) in [6.45, 7) is 14.1. The Labute approximate surface area is 152 Å². The zero-order chi connectivity index (χ0) is 19.8. The molecular weight excluding hydrogens is 318 g/mol. The van der Waals surface area contributed by atoms with Gasteiger partial charge in [0.2, 0.25) is 0 Å². The second kappa shape index (κ2) is 10.5. The molecule has 0 aliphatic heterocycles. The van der Waals surface area contributed by atoms with Crippen molar-refractivity contribution in [1.29, 1.82) is 0 Å². The number of carbonyl (C=O) groups is 3. The average Bonchev–Trinajstić information content (AvgIpc) is 2.45. The molecule has 0 fully saturated rings. The van der Waals surface area contributed by atoms with E-state index in [2.05, 4.69) is 10.6 Å². The molecule has 0 spiro atoms. The monoisotopic (exact) mass is 355 g/mol. The summed E-state index contributed by atoms with van der Waals surface area (Å²) < 4.78 is 0. The maximum Gasteiger partial charge on any atom is 0.312 e. The lowest BCUT2D eigenvalue weighted by molar-refractivity contribution is -0.134. The van der Waals surface area contributed by atoms with Gasteiger partial charge in [-0.25, -0.2) is 4.79 Å². The molecular formula is C19H37N3O3. The van der Waals surface area contributed by atoms with E-state index in [4.69, 9.17) is 5.73 Å². The molecule has 0 aromatic heterocycles. The third-order valence-corrected chi connectivity index (χ3v) is 4.11. The van der Waals surface area contributed by atoms with Crippen molar-refractivity contribution in [2.75, 3.05) is 6.54 Å². The molecule has 146 valence electrons. The highest BCUT2D eigenvalue weighted by molar-refractivity contribution is 5.92. The minimum Gasteiger partial charge on any atom is -0.352 e. The van der Waals surface area contributed by atoms with E-state index in [0.29, 0.717) is 19.4 Å². The van der Waals surface area contributed by atoms with Crippen LogP contribution in [0.4, 0.5) is 4.79 Å². The molecule has 0 radical (unpaired) electrons. The summed E-state index contributed by atoms with van der Waals surface area (Å²) in [6, 6.07) is -0.623. The number of nitrogens with two attached hydrogens (primary N) is 1. The fourth-order valence-corrected chi connectivity index (χ4v) is 2.88. The van der Waals surface area contributed by atoms with E-state index in [1.807, 2.05) is 48.5 Å². The minimum absolute atomic E-state index is 0.0779. The molecule has 6 nitrogen and oxygen atoms in total. The van der Waals surface area contributed by atoms with Crippen molar-refractivity contribution in [2.24, 2.45) is 23.0 Å². The van der Waals surface area contributed by atoms with Gasteiger partial charge in [0, 0.05) is 30.3 Å². The highest BCUT2D eigenvalue weighted by Crippen LogP contribution is 2.26. The second-order valence-corrected chi connectivity index (χ2v) is 8.46. The minimum atomic E-state index is -0.573. The normalized spacial score (nSPS) is 14.4. The molecule has 0 heterocycles. The van der Waals surface area contributed by atoms with E-state index in [0.717, 1.165) is 0 Å². The molecule has 0 bridgehead atoms. The van der Waals surface area contributed by atoms with Crippen LogP contribution >= 0.6 is 0 Å². The van der Waals surface area contributed by atoms with Crippen LogP contribution < -0.4 is 16.4 Å². The number of hydrogen-bond acceptors (Lipinski definition) is 4. The van der Waals surface area contributed by atoms with Crippen LogP contribution in [-0.2, 0) is 9.59 Å². The summed E-state index contributed by atoms with van der Waals surface area (Å²) in [6.07, 6.45) is 1.41. The third kappa shape index (κ3) is 9.58. The Bertz CT molecular complexity index is 453. The lowest BCUT2D eigenvalue weighted by atomic mass is 9.78.